The minimum absolute atomic E-state index is 0.190. The summed E-state index contributed by atoms with van der Waals surface area (Å²) in [5.41, 5.74) is 1.19. The molecule has 0 saturated carbocycles. The molecule has 4 nitrogen and oxygen atoms in total. The average Bonchev–Trinajstić information content (AvgIpc) is 2.81. The highest BCUT2D eigenvalue weighted by atomic mass is 35.5. The van der Waals surface area contributed by atoms with Gasteiger partial charge in [-0.3, -0.25) is 4.98 Å². The number of rotatable bonds is 3. The largest absolute Gasteiger partial charge is 0.391 e. The van der Waals surface area contributed by atoms with Crippen molar-refractivity contribution in [3.05, 3.63) is 53.4 Å². The number of aliphatic hydroxyl groups excluding tert-OH is 1. The van der Waals surface area contributed by atoms with Crippen molar-refractivity contribution in [2.75, 3.05) is 18.0 Å². The lowest BCUT2D eigenvalue weighted by Gasteiger charge is -2.18. The zero-order chi connectivity index (χ0) is 13.9. The molecule has 0 aromatic carbocycles. The molecule has 1 fully saturated rings. The molecule has 1 aliphatic heterocycles. The number of hydrogen-bond acceptors (Lipinski definition) is 4. The minimum atomic E-state index is -0.360. The predicted molar refractivity (Wildman–Crippen MR) is 78.9 cm³/mol. The van der Waals surface area contributed by atoms with E-state index < -0.39 is 0 Å². The van der Waals surface area contributed by atoms with Crippen molar-refractivity contribution in [2.24, 2.45) is 5.92 Å². The Morgan fingerprint density at radius 1 is 1.20 bits per heavy atom. The lowest BCUT2D eigenvalue weighted by Crippen LogP contribution is -2.22. The van der Waals surface area contributed by atoms with Crippen LogP contribution in [0.15, 0.2) is 42.9 Å². The van der Waals surface area contributed by atoms with Crippen LogP contribution < -0.4 is 4.90 Å². The van der Waals surface area contributed by atoms with Gasteiger partial charge >= 0.3 is 0 Å². The number of aliphatic hydroxyl groups is 1. The van der Waals surface area contributed by atoms with E-state index in [1.807, 2.05) is 24.3 Å². The van der Waals surface area contributed by atoms with Gasteiger partial charge in [0.25, 0.3) is 0 Å². The molecule has 5 heteroatoms. The quantitative estimate of drug-likeness (QED) is 0.941. The van der Waals surface area contributed by atoms with Gasteiger partial charge in [0.1, 0.15) is 5.82 Å². The van der Waals surface area contributed by atoms with Crippen molar-refractivity contribution in [1.82, 2.24) is 9.97 Å². The molecule has 104 valence electrons. The van der Waals surface area contributed by atoms with Gasteiger partial charge in [0.15, 0.2) is 0 Å². The normalized spacial score (nSPS) is 22.2. The Morgan fingerprint density at radius 2 is 2.00 bits per heavy atom. The average molecular weight is 290 g/mol. The minimum Gasteiger partial charge on any atom is -0.391 e. The summed E-state index contributed by atoms with van der Waals surface area (Å²) in [6.45, 7) is 1.34. The van der Waals surface area contributed by atoms with Gasteiger partial charge in [-0.25, -0.2) is 4.98 Å². The van der Waals surface area contributed by atoms with E-state index >= 15 is 0 Å². The highest BCUT2D eigenvalue weighted by Crippen LogP contribution is 2.29. The number of nitrogens with zero attached hydrogens (tertiary/aromatic N) is 3. The number of halogens is 1. The highest BCUT2D eigenvalue weighted by Gasteiger charge is 2.32. The number of anilines is 1. The molecular weight excluding hydrogens is 274 g/mol. The van der Waals surface area contributed by atoms with Crippen molar-refractivity contribution in [1.29, 1.82) is 0 Å². The van der Waals surface area contributed by atoms with E-state index in [0.29, 0.717) is 11.6 Å². The van der Waals surface area contributed by atoms with Crippen LogP contribution in [0, 0.1) is 5.92 Å². The van der Waals surface area contributed by atoms with Crippen molar-refractivity contribution in [2.45, 2.75) is 12.5 Å². The van der Waals surface area contributed by atoms with Gasteiger partial charge in [-0.05, 0) is 36.2 Å². The Morgan fingerprint density at radius 3 is 2.75 bits per heavy atom. The van der Waals surface area contributed by atoms with E-state index in [1.54, 1.807) is 18.6 Å². The van der Waals surface area contributed by atoms with Crippen LogP contribution in [0.2, 0.25) is 5.02 Å². The van der Waals surface area contributed by atoms with Crippen LogP contribution in [-0.4, -0.2) is 34.3 Å². The van der Waals surface area contributed by atoms with Crippen LogP contribution in [-0.2, 0) is 6.42 Å². The van der Waals surface area contributed by atoms with E-state index in [2.05, 4.69) is 14.9 Å². The van der Waals surface area contributed by atoms with Crippen LogP contribution in [0.25, 0.3) is 0 Å². The number of aromatic nitrogens is 2. The van der Waals surface area contributed by atoms with E-state index in [-0.39, 0.29) is 12.0 Å². The molecule has 1 saturated heterocycles. The van der Waals surface area contributed by atoms with E-state index in [1.165, 1.54) is 5.56 Å². The van der Waals surface area contributed by atoms with Crippen molar-refractivity contribution in [3.8, 4) is 0 Å². The number of pyridine rings is 2. The van der Waals surface area contributed by atoms with Gasteiger partial charge in [0.2, 0.25) is 0 Å². The summed E-state index contributed by atoms with van der Waals surface area (Å²) < 4.78 is 0. The highest BCUT2D eigenvalue weighted by molar-refractivity contribution is 6.32. The molecule has 2 aromatic rings. The molecule has 0 radical (unpaired) electrons. The second kappa shape index (κ2) is 5.77. The van der Waals surface area contributed by atoms with Crippen molar-refractivity contribution in [3.63, 3.8) is 0 Å². The van der Waals surface area contributed by atoms with Crippen LogP contribution in [0.3, 0.4) is 0 Å². The third-order valence-corrected chi connectivity index (χ3v) is 3.99. The molecule has 1 N–H and O–H groups in total. The summed E-state index contributed by atoms with van der Waals surface area (Å²) in [6, 6.07) is 7.62. The van der Waals surface area contributed by atoms with Crippen LogP contribution in [0.5, 0.6) is 0 Å². The van der Waals surface area contributed by atoms with Gasteiger partial charge in [-0.15, -0.1) is 0 Å². The first-order chi connectivity index (χ1) is 9.74. The fraction of sp³-hybridized carbons (Fsp3) is 0.333. The predicted octanol–water partition coefficient (Wildman–Crippen LogP) is 2.17. The van der Waals surface area contributed by atoms with Crippen LogP contribution >= 0.6 is 11.6 Å². The van der Waals surface area contributed by atoms with Crippen molar-refractivity contribution < 1.29 is 5.11 Å². The third-order valence-electron chi connectivity index (χ3n) is 3.69. The fourth-order valence-corrected chi connectivity index (χ4v) is 2.90. The molecule has 3 rings (SSSR count). The van der Waals surface area contributed by atoms with Crippen molar-refractivity contribution >= 4 is 17.4 Å². The Bertz CT molecular complexity index is 578. The molecule has 20 heavy (non-hydrogen) atoms. The second-order valence-corrected chi connectivity index (χ2v) is 5.51. The SMILES string of the molecule is O[C@@H]1CN(c2ncccc2Cl)C[C@H]1Cc1ccncc1. The maximum absolute atomic E-state index is 10.2. The van der Waals surface area contributed by atoms with E-state index in [9.17, 15) is 5.11 Å². The molecule has 0 bridgehead atoms. The number of β-amino-alcohol motifs (C(OH)–C–C–N with tert-alkyl or cyclic N) is 1. The van der Waals surface area contributed by atoms with Crippen LogP contribution in [0.4, 0.5) is 5.82 Å². The summed E-state index contributed by atoms with van der Waals surface area (Å²) in [7, 11) is 0. The molecule has 0 aliphatic carbocycles. The topological polar surface area (TPSA) is 49.2 Å². The fourth-order valence-electron chi connectivity index (χ4n) is 2.66. The molecule has 2 aromatic heterocycles. The van der Waals surface area contributed by atoms with Gasteiger partial charge in [0, 0.05) is 37.6 Å². The molecule has 3 heterocycles. The zero-order valence-corrected chi connectivity index (χ0v) is 11.7. The first kappa shape index (κ1) is 13.3. The summed E-state index contributed by atoms with van der Waals surface area (Å²) in [6.07, 6.45) is 5.77. The second-order valence-electron chi connectivity index (χ2n) is 5.10. The maximum atomic E-state index is 10.2. The Kier molecular flexibility index (Phi) is 3.85. The molecule has 1 aliphatic rings. The Labute approximate surface area is 123 Å². The van der Waals surface area contributed by atoms with E-state index in [4.69, 9.17) is 11.6 Å². The molecule has 0 amide bonds. The Balaban J connectivity index is 1.73. The molecule has 0 spiro atoms. The standard InChI is InChI=1S/C15H16ClN3O/c16-13-2-1-5-18-15(13)19-9-12(14(20)10-19)8-11-3-6-17-7-4-11/h1-7,12,14,20H,8-10H2/t12-,14-/m1/s1. The maximum Gasteiger partial charge on any atom is 0.147 e. The smallest absolute Gasteiger partial charge is 0.147 e. The lowest BCUT2D eigenvalue weighted by molar-refractivity contribution is 0.148. The zero-order valence-electron chi connectivity index (χ0n) is 11.0. The number of hydrogen-bond donors (Lipinski definition) is 1. The summed E-state index contributed by atoms with van der Waals surface area (Å²) in [5.74, 6) is 0.945. The van der Waals surface area contributed by atoms with Gasteiger partial charge in [-0.1, -0.05) is 11.6 Å². The summed E-state index contributed by atoms with van der Waals surface area (Å²) >= 11 is 6.17. The molecular formula is C15H16ClN3O. The monoisotopic (exact) mass is 289 g/mol. The summed E-state index contributed by atoms with van der Waals surface area (Å²) in [5, 5.41) is 10.9. The third kappa shape index (κ3) is 2.76. The van der Waals surface area contributed by atoms with Gasteiger partial charge in [-0.2, -0.15) is 0 Å². The first-order valence-corrected chi connectivity index (χ1v) is 7.04. The van der Waals surface area contributed by atoms with Crippen LogP contribution in [0.1, 0.15) is 5.56 Å². The first-order valence-electron chi connectivity index (χ1n) is 6.66. The van der Waals surface area contributed by atoms with Gasteiger partial charge in [0.05, 0.1) is 11.1 Å². The van der Waals surface area contributed by atoms with Gasteiger partial charge < -0.3 is 10.0 Å². The van der Waals surface area contributed by atoms with E-state index in [0.717, 1.165) is 18.8 Å². The molecule has 2 atom stereocenters. The Hall–Kier alpha value is -1.65. The summed E-state index contributed by atoms with van der Waals surface area (Å²) in [4.78, 5) is 10.4. The molecule has 0 unspecified atom stereocenters. The lowest BCUT2D eigenvalue weighted by atomic mass is 9.97.